The summed E-state index contributed by atoms with van der Waals surface area (Å²) in [6, 6.07) is 2.06. The number of hydrogen-bond donors (Lipinski definition) is 3. The van der Waals surface area contributed by atoms with E-state index in [2.05, 4.69) is 16.0 Å². The van der Waals surface area contributed by atoms with Crippen LogP contribution in [0.25, 0.3) is 0 Å². The maximum absolute atomic E-state index is 12.0. The zero-order valence-electron chi connectivity index (χ0n) is 14.8. The number of nitrogens with one attached hydrogen (secondary N) is 3. The van der Waals surface area contributed by atoms with Crippen LogP contribution in [0.4, 0.5) is 4.79 Å². The molecule has 0 aromatic heterocycles. The van der Waals surface area contributed by atoms with Crippen LogP contribution in [0.2, 0.25) is 0 Å². The Hall–Kier alpha value is -2.23. The van der Waals surface area contributed by atoms with E-state index < -0.39 is 11.7 Å². The van der Waals surface area contributed by atoms with Gasteiger partial charge in [-0.05, 0) is 33.6 Å². The van der Waals surface area contributed by atoms with Gasteiger partial charge in [-0.15, -0.1) is 0 Å². The van der Waals surface area contributed by atoms with Crippen molar-refractivity contribution in [1.29, 1.82) is 5.26 Å². The number of carbonyl (C=O) groups is 2. The van der Waals surface area contributed by atoms with Crippen molar-refractivity contribution in [2.24, 2.45) is 0 Å². The predicted octanol–water partition coefficient (Wildman–Crippen LogP) is 1.96. The Balaban J connectivity index is 2.29. The molecule has 1 aliphatic rings. The molecular weight excluding hydrogens is 308 g/mol. The zero-order chi connectivity index (χ0) is 18.0. The lowest BCUT2D eigenvalue weighted by molar-refractivity contribution is -0.118. The first kappa shape index (κ1) is 19.8. The van der Waals surface area contributed by atoms with Gasteiger partial charge in [0.1, 0.15) is 17.2 Å². The van der Waals surface area contributed by atoms with Crippen LogP contribution in [0.3, 0.4) is 0 Å². The third kappa shape index (κ3) is 8.42. The third-order valence-corrected chi connectivity index (χ3v) is 3.49. The number of nitrogens with zero attached hydrogens (tertiary/aromatic N) is 1. The van der Waals surface area contributed by atoms with E-state index in [0.29, 0.717) is 13.1 Å². The van der Waals surface area contributed by atoms with E-state index in [0.717, 1.165) is 25.7 Å². The van der Waals surface area contributed by atoms with Gasteiger partial charge in [0.2, 0.25) is 0 Å². The van der Waals surface area contributed by atoms with Crippen molar-refractivity contribution in [2.45, 2.75) is 64.5 Å². The van der Waals surface area contributed by atoms with Gasteiger partial charge in [0.05, 0.1) is 0 Å². The molecule has 7 heteroatoms. The molecule has 0 bridgehead atoms. The summed E-state index contributed by atoms with van der Waals surface area (Å²) in [6.07, 6.45) is 6.27. The second-order valence-electron chi connectivity index (χ2n) is 6.86. The van der Waals surface area contributed by atoms with Crippen molar-refractivity contribution >= 4 is 12.0 Å². The van der Waals surface area contributed by atoms with Crippen LogP contribution < -0.4 is 16.0 Å². The largest absolute Gasteiger partial charge is 0.444 e. The van der Waals surface area contributed by atoms with E-state index in [1.165, 1.54) is 12.6 Å². The summed E-state index contributed by atoms with van der Waals surface area (Å²) in [7, 11) is 0. The molecule has 134 valence electrons. The van der Waals surface area contributed by atoms with Crippen molar-refractivity contribution in [3.63, 3.8) is 0 Å². The first-order valence-electron chi connectivity index (χ1n) is 8.43. The smallest absolute Gasteiger partial charge is 0.407 e. The molecule has 1 saturated carbocycles. The molecule has 1 fully saturated rings. The quantitative estimate of drug-likeness (QED) is 0.391. The molecule has 0 spiro atoms. The molecule has 0 aromatic rings. The molecule has 0 aromatic carbocycles. The molecule has 1 aliphatic carbocycles. The lowest BCUT2D eigenvalue weighted by Gasteiger charge is -2.22. The van der Waals surface area contributed by atoms with Crippen LogP contribution in [-0.2, 0) is 9.53 Å². The Morgan fingerprint density at radius 2 is 1.88 bits per heavy atom. The Morgan fingerprint density at radius 1 is 1.21 bits per heavy atom. The van der Waals surface area contributed by atoms with Gasteiger partial charge < -0.3 is 20.7 Å². The van der Waals surface area contributed by atoms with Crippen LogP contribution in [-0.4, -0.2) is 36.7 Å². The van der Waals surface area contributed by atoms with E-state index in [4.69, 9.17) is 10.00 Å². The van der Waals surface area contributed by atoms with E-state index in [1.54, 1.807) is 20.8 Å². The number of hydrogen-bond acceptors (Lipinski definition) is 5. The van der Waals surface area contributed by atoms with Crippen LogP contribution >= 0.6 is 0 Å². The average molecular weight is 336 g/mol. The first-order chi connectivity index (χ1) is 11.3. The van der Waals surface area contributed by atoms with Gasteiger partial charge in [0, 0.05) is 25.3 Å². The molecule has 1 rings (SSSR count). The summed E-state index contributed by atoms with van der Waals surface area (Å²) < 4.78 is 5.10. The minimum atomic E-state index is -0.539. The predicted molar refractivity (Wildman–Crippen MR) is 91.0 cm³/mol. The third-order valence-electron chi connectivity index (χ3n) is 3.49. The highest BCUT2D eigenvalue weighted by molar-refractivity contribution is 5.97. The molecule has 0 unspecified atom stereocenters. The van der Waals surface area contributed by atoms with Gasteiger partial charge in [-0.3, -0.25) is 4.79 Å². The monoisotopic (exact) mass is 336 g/mol. The maximum atomic E-state index is 12.0. The minimum Gasteiger partial charge on any atom is -0.444 e. The van der Waals surface area contributed by atoms with Gasteiger partial charge in [0.15, 0.2) is 0 Å². The standard InChI is InChI=1S/C17H28N4O3/c1-17(2,3)24-16(23)20-10-9-19-12-13(11-18)15(22)21-14-7-5-4-6-8-14/h12,14,19H,4-10H2,1-3H3,(H,20,23)(H,21,22)/b13-12-. The van der Waals surface area contributed by atoms with Gasteiger partial charge in [0.25, 0.3) is 5.91 Å². The van der Waals surface area contributed by atoms with E-state index in [-0.39, 0.29) is 17.5 Å². The lowest BCUT2D eigenvalue weighted by atomic mass is 9.95. The van der Waals surface area contributed by atoms with Crippen LogP contribution in [0, 0.1) is 11.3 Å². The molecule has 24 heavy (non-hydrogen) atoms. The van der Waals surface area contributed by atoms with Gasteiger partial charge in [-0.2, -0.15) is 5.26 Å². The molecule has 7 nitrogen and oxygen atoms in total. The fourth-order valence-corrected chi connectivity index (χ4v) is 2.38. The summed E-state index contributed by atoms with van der Waals surface area (Å²) in [5.74, 6) is -0.350. The maximum Gasteiger partial charge on any atom is 0.407 e. The molecular formula is C17H28N4O3. The second kappa shape index (κ2) is 9.81. The SMILES string of the molecule is CC(C)(C)OC(=O)NCCN/C=C(/C#N)C(=O)NC1CCCCC1. The Bertz CT molecular complexity index is 497. The molecule has 0 saturated heterocycles. The molecule has 0 aliphatic heterocycles. The van der Waals surface area contributed by atoms with Crippen LogP contribution in [0.15, 0.2) is 11.8 Å². The molecule has 0 radical (unpaired) electrons. The lowest BCUT2D eigenvalue weighted by Crippen LogP contribution is -2.37. The number of carbonyl (C=O) groups excluding carboxylic acids is 2. The molecule has 2 amide bonds. The van der Waals surface area contributed by atoms with Crippen molar-refractivity contribution in [1.82, 2.24) is 16.0 Å². The van der Waals surface area contributed by atoms with Crippen molar-refractivity contribution in [2.75, 3.05) is 13.1 Å². The molecule has 0 atom stereocenters. The van der Waals surface area contributed by atoms with Crippen molar-refractivity contribution in [3.05, 3.63) is 11.8 Å². The highest BCUT2D eigenvalue weighted by Gasteiger charge is 2.18. The normalized spacial score (nSPS) is 16.0. The van der Waals surface area contributed by atoms with Gasteiger partial charge in [-0.1, -0.05) is 19.3 Å². The van der Waals surface area contributed by atoms with E-state index in [9.17, 15) is 9.59 Å². The van der Waals surface area contributed by atoms with E-state index >= 15 is 0 Å². The Morgan fingerprint density at radius 3 is 2.46 bits per heavy atom. The summed E-state index contributed by atoms with van der Waals surface area (Å²) in [6.45, 7) is 6.09. The Kier molecular flexibility index (Phi) is 8.10. The number of alkyl carbamates (subject to hydrolysis) is 1. The van der Waals surface area contributed by atoms with Crippen molar-refractivity contribution < 1.29 is 14.3 Å². The number of nitriles is 1. The van der Waals surface area contributed by atoms with Gasteiger partial charge >= 0.3 is 6.09 Å². The topological polar surface area (TPSA) is 103 Å². The number of amides is 2. The fraction of sp³-hybridized carbons (Fsp3) is 0.706. The summed E-state index contributed by atoms with van der Waals surface area (Å²) in [4.78, 5) is 23.5. The summed E-state index contributed by atoms with van der Waals surface area (Å²) in [5, 5.41) is 17.4. The highest BCUT2D eigenvalue weighted by atomic mass is 16.6. The Labute approximate surface area is 143 Å². The van der Waals surface area contributed by atoms with E-state index in [1.807, 2.05) is 6.07 Å². The molecule has 3 N–H and O–H groups in total. The fourth-order valence-electron chi connectivity index (χ4n) is 2.38. The first-order valence-corrected chi connectivity index (χ1v) is 8.43. The average Bonchev–Trinajstić information content (AvgIpc) is 2.50. The number of ether oxygens (including phenoxy) is 1. The summed E-state index contributed by atoms with van der Waals surface area (Å²) in [5.41, 5.74) is -0.499. The van der Waals surface area contributed by atoms with Crippen LogP contribution in [0.1, 0.15) is 52.9 Å². The summed E-state index contributed by atoms with van der Waals surface area (Å²) >= 11 is 0. The molecule has 0 heterocycles. The highest BCUT2D eigenvalue weighted by Crippen LogP contribution is 2.17. The van der Waals surface area contributed by atoms with Crippen molar-refractivity contribution in [3.8, 4) is 6.07 Å². The van der Waals surface area contributed by atoms with Crippen LogP contribution in [0.5, 0.6) is 0 Å². The zero-order valence-corrected chi connectivity index (χ0v) is 14.8. The number of rotatable bonds is 6. The van der Waals surface area contributed by atoms with Gasteiger partial charge in [-0.25, -0.2) is 4.79 Å². The minimum absolute atomic E-state index is 0.0397. The second-order valence-corrected chi connectivity index (χ2v) is 6.86.